The summed E-state index contributed by atoms with van der Waals surface area (Å²) < 4.78 is 42.2. The Labute approximate surface area is 201 Å². The lowest BCUT2D eigenvalue weighted by Gasteiger charge is -2.14. The van der Waals surface area contributed by atoms with Crippen LogP contribution in [0.15, 0.2) is 46.7 Å². The summed E-state index contributed by atoms with van der Waals surface area (Å²) in [6, 6.07) is 9.02. The third-order valence-corrected chi connectivity index (χ3v) is 4.49. The van der Waals surface area contributed by atoms with Gasteiger partial charge in [0.2, 0.25) is 0 Å². The van der Waals surface area contributed by atoms with Gasteiger partial charge in [0.25, 0.3) is 5.91 Å². The van der Waals surface area contributed by atoms with E-state index in [9.17, 15) is 18.0 Å². The Morgan fingerprint density at radius 2 is 1.79 bits per heavy atom. The zero-order valence-corrected chi connectivity index (χ0v) is 20.5. The van der Waals surface area contributed by atoms with E-state index in [0.717, 1.165) is 11.6 Å². The molecule has 0 saturated heterocycles. The molecule has 0 heterocycles. The average Bonchev–Trinajstić information content (AvgIpc) is 2.78. The molecular weight excluding hydrogens is 475 g/mol. The SMILES string of the molecule is CC.CNC(=O)/C(=N/OC)c1cccc(C)c1CO/N=C(\C)c1ccc(Cl)cc1OC(F)(F)F. The molecule has 34 heavy (non-hydrogen) atoms. The molecule has 0 aliphatic rings. The summed E-state index contributed by atoms with van der Waals surface area (Å²) >= 11 is 5.79. The van der Waals surface area contributed by atoms with E-state index in [1.54, 1.807) is 12.1 Å². The maximum Gasteiger partial charge on any atom is 0.573 e. The highest BCUT2D eigenvalue weighted by atomic mass is 35.5. The predicted molar refractivity (Wildman–Crippen MR) is 125 cm³/mol. The van der Waals surface area contributed by atoms with Crippen molar-refractivity contribution in [3.63, 3.8) is 0 Å². The van der Waals surface area contributed by atoms with Crippen molar-refractivity contribution in [1.82, 2.24) is 5.32 Å². The molecule has 0 atom stereocenters. The number of ether oxygens (including phenoxy) is 1. The second-order valence-electron chi connectivity index (χ2n) is 6.44. The topological polar surface area (TPSA) is 81.5 Å². The minimum absolute atomic E-state index is 0.0385. The van der Waals surface area contributed by atoms with Crippen molar-refractivity contribution in [2.75, 3.05) is 14.2 Å². The van der Waals surface area contributed by atoms with E-state index < -0.39 is 18.0 Å². The third kappa shape index (κ3) is 8.26. The molecule has 0 aliphatic heterocycles. The minimum Gasteiger partial charge on any atom is -0.405 e. The zero-order chi connectivity index (χ0) is 25.9. The van der Waals surface area contributed by atoms with Crippen LogP contribution in [0.3, 0.4) is 0 Å². The number of likely N-dealkylation sites (N-methyl/N-ethyl adjacent to an activating group) is 1. The van der Waals surface area contributed by atoms with Crippen molar-refractivity contribution in [1.29, 1.82) is 0 Å². The van der Waals surface area contributed by atoms with Gasteiger partial charge in [-0.1, -0.05) is 54.0 Å². The fourth-order valence-electron chi connectivity index (χ4n) is 2.79. The molecule has 0 unspecified atom stereocenters. The molecule has 0 saturated carbocycles. The van der Waals surface area contributed by atoms with Crippen molar-refractivity contribution >= 4 is 28.9 Å². The fourth-order valence-corrected chi connectivity index (χ4v) is 2.95. The second-order valence-corrected chi connectivity index (χ2v) is 6.88. The van der Waals surface area contributed by atoms with Gasteiger partial charge in [0, 0.05) is 28.8 Å². The molecule has 0 aliphatic carbocycles. The fraction of sp³-hybridized carbons (Fsp3) is 0.348. The molecule has 0 bridgehead atoms. The maximum atomic E-state index is 12.7. The Hall–Kier alpha value is -3.27. The first-order valence-corrected chi connectivity index (χ1v) is 10.6. The number of oxime groups is 2. The number of carbonyl (C=O) groups is 1. The Balaban J connectivity index is 0.00000281. The van der Waals surface area contributed by atoms with Gasteiger partial charge in [0.1, 0.15) is 19.5 Å². The van der Waals surface area contributed by atoms with Gasteiger partial charge in [0.05, 0.1) is 5.71 Å². The van der Waals surface area contributed by atoms with Crippen LogP contribution in [0.5, 0.6) is 5.75 Å². The van der Waals surface area contributed by atoms with Gasteiger partial charge in [-0.15, -0.1) is 13.2 Å². The van der Waals surface area contributed by atoms with Gasteiger partial charge >= 0.3 is 6.36 Å². The van der Waals surface area contributed by atoms with E-state index in [2.05, 4.69) is 20.4 Å². The number of halogens is 4. The number of aryl methyl sites for hydroxylation is 1. The number of benzene rings is 2. The number of nitrogens with zero attached hydrogens (tertiary/aromatic N) is 2. The summed E-state index contributed by atoms with van der Waals surface area (Å²) in [6.45, 7) is 7.19. The molecule has 0 radical (unpaired) electrons. The number of carbonyl (C=O) groups excluding carboxylic acids is 1. The van der Waals surface area contributed by atoms with E-state index >= 15 is 0 Å². The third-order valence-electron chi connectivity index (χ3n) is 4.26. The molecule has 0 fully saturated rings. The van der Waals surface area contributed by atoms with Crippen LogP contribution in [-0.4, -0.2) is 37.9 Å². The summed E-state index contributed by atoms with van der Waals surface area (Å²) in [5.74, 6) is -0.964. The molecule has 7 nitrogen and oxygen atoms in total. The summed E-state index contributed by atoms with van der Waals surface area (Å²) in [6.07, 6.45) is -4.90. The standard InChI is InChI=1S/C21H21ClF3N3O4.C2H6/c1-12-6-5-7-16(19(28-30-4)20(29)26-3)17(12)11-31-27-13(2)15-9-8-14(22)10-18(15)32-21(23,24)25;1-2/h5-10H,11H2,1-4H3,(H,26,29);1-2H3/b27-13+,28-19+;. The first-order valence-electron chi connectivity index (χ1n) is 10.2. The lowest BCUT2D eigenvalue weighted by atomic mass is 9.98. The highest BCUT2D eigenvalue weighted by molar-refractivity contribution is 6.45. The van der Waals surface area contributed by atoms with Crippen LogP contribution in [0.4, 0.5) is 13.2 Å². The summed E-state index contributed by atoms with van der Waals surface area (Å²) in [4.78, 5) is 22.4. The van der Waals surface area contributed by atoms with Gasteiger partial charge in [-0.05, 0) is 37.6 Å². The molecule has 0 aromatic heterocycles. The zero-order valence-electron chi connectivity index (χ0n) is 19.7. The van der Waals surface area contributed by atoms with Gasteiger partial charge in [-0.3, -0.25) is 4.79 Å². The highest BCUT2D eigenvalue weighted by Gasteiger charge is 2.32. The van der Waals surface area contributed by atoms with Gasteiger partial charge in [-0.2, -0.15) is 0 Å². The van der Waals surface area contributed by atoms with Crippen molar-refractivity contribution in [2.24, 2.45) is 10.3 Å². The summed E-state index contributed by atoms with van der Waals surface area (Å²) in [5, 5.41) is 10.3. The lowest BCUT2D eigenvalue weighted by Crippen LogP contribution is -2.29. The van der Waals surface area contributed by atoms with Crippen molar-refractivity contribution in [2.45, 2.75) is 40.7 Å². The van der Waals surface area contributed by atoms with Gasteiger partial charge in [-0.25, -0.2) is 0 Å². The van der Waals surface area contributed by atoms with E-state index in [4.69, 9.17) is 21.3 Å². The van der Waals surface area contributed by atoms with Crippen LogP contribution in [0, 0.1) is 6.92 Å². The average molecular weight is 502 g/mol. The first-order chi connectivity index (χ1) is 16.1. The monoisotopic (exact) mass is 501 g/mol. The Bertz CT molecular complexity index is 1040. The van der Waals surface area contributed by atoms with Crippen LogP contribution in [0.2, 0.25) is 5.02 Å². The molecule has 1 N–H and O–H groups in total. The lowest BCUT2D eigenvalue weighted by molar-refractivity contribution is -0.274. The normalized spacial score (nSPS) is 11.8. The molecule has 1 amide bonds. The van der Waals surface area contributed by atoms with E-state index in [1.165, 1.54) is 33.2 Å². The van der Waals surface area contributed by atoms with Gasteiger partial charge in [0.15, 0.2) is 5.71 Å². The minimum atomic E-state index is -4.90. The van der Waals surface area contributed by atoms with Crippen molar-refractivity contribution in [3.8, 4) is 5.75 Å². The maximum absolute atomic E-state index is 12.7. The van der Waals surface area contributed by atoms with Crippen LogP contribution in [0.25, 0.3) is 0 Å². The van der Waals surface area contributed by atoms with Crippen LogP contribution in [-0.2, 0) is 21.1 Å². The van der Waals surface area contributed by atoms with Crippen LogP contribution in [0.1, 0.15) is 43.0 Å². The molecular formula is C23H27ClF3N3O4. The number of alkyl halides is 3. The Morgan fingerprint density at radius 1 is 1.12 bits per heavy atom. The molecule has 0 spiro atoms. The summed E-state index contributed by atoms with van der Waals surface area (Å²) in [5.41, 5.74) is 2.09. The van der Waals surface area contributed by atoms with E-state index in [-0.39, 0.29) is 28.6 Å². The molecule has 2 rings (SSSR count). The van der Waals surface area contributed by atoms with Crippen LogP contribution >= 0.6 is 11.6 Å². The van der Waals surface area contributed by atoms with Crippen molar-refractivity contribution < 1.29 is 32.4 Å². The number of amides is 1. The number of hydrogen-bond donors (Lipinski definition) is 1. The van der Waals surface area contributed by atoms with E-state index in [0.29, 0.717) is 11.1 Å². The number of nitrogens with one attached hydrogen (secondary N) is 1. The smallest absolute Gasteiger partial charge is 0.405 e. The summed E-state index contributed by atoms with van der Waals surface area (Å²) in [7, 11) is 2.77. The molecule has 11 heteroatoms. The molecule has 186 valence electrons. The largest absolute Gasteiger partial charge is 0.573 e. The molecule has 2 aromatic carbocycles. The molecule has 2 aromatic rings. The van der Waals surface area contributed by atoms with Gasteiger partial charge < -0.3 is 19.7 Å². The van der Waals surface area contributed by atoms with Crippen molar-refractivity contribution in [3.05, 3.63) is 63.7 Å². The van der Waals surface area contributed by atoms with Crippen LogP contribution < -0.4 is 10.1 Å². The quantitative estimate of drug-likeness (QED) is 0.376. The Kier molecular flexibility index (Phi) is 11.4. The first kappa shape index (κ1) is 28.8. The Morgan fingerprint density at radius 3 is 2.38 bits per heavy atom. The predicted octanol–water partition coefficient (Wildman–Crippen LogP) is 5.61. The van der Waals surface area contributed by atoms with E-state index in [1.807, 2.05) is 26.8 Å². The second kappa shape index (κ2) is 13.4. The number of rotatable bonds is 8. The number of hydrogen-bond acceptors (Lipinski definition) is 6. The highest BCUT2D eigenvalue weighted by Crippen LogP contribution is 2.30.